The van der Waals surface area contributed by atoms with Crippen LogP contribution in [0.3, 0.4) is 0 Å². The molecule has 2 fully saturated rings. The Morgan fingerprint density at radius 3 is 2.20 bits per heavy atom. The third kappa shape index (κ3) is 1.89. The topological polar surface area (TPSA) is 23.6 Å². The standard InChI is InChI=1S/C12H22N2O/c1-10(15)13-6-5-12(7-13)8-14(9-12)11(2,3)4/h5-9H2,1-4H3. The van der Waals surface area contributed by atoms with E-state index < -0.39 is 0 Å². The number of hydrogen-bond acceptors (Lipinski definition) is 2. The zero-order valence-electron chi connectivity index (χ0n) is 10.3. The van der Waals surface area contributed by atoms with Crippen molar-refractivity contribution in [1.82, 2.24) is 9.80 Å². The third-order valence-corrected chi connectivity index (χ3v) is 3.88. The number of carbonyl (C=O) groups excluding carboxylic acids is 1. The molecule has 1 amide bonds. The molecule has 3 nitrogen and oxygen atoms in total. The average Bonchev–Trinajstić information content (AvgIpc) is 2.42. The van der Waals surface area contributed by atoms with E-state index in [-0.39, 0.29) is 11.4 Å². The van der Waals surface area contributed by atoms with Crippen molar-refractivity contribution in [2.45, 2.75) is 39.7 Å². The maximum Gasteiger partial charge on any atom is 0.219 e. The van der Waals surface area contributed by atoms with Gasteiger partial charge in [-0.25, -0.2) is 0 Å². The second kappa shape index (κ2) is 3.21. The minimum Gasteiger partial charge on any atom is -0.342 e. The van der Waals surface area contributed by atoms with E-state index in [1.807, 2.05) is 4.90 Å². The molecule has 0 aromatic carbocycles. The van der Waals surface area contributed by atoms with Crippen LogP contribution >= 0.6 is 0 Å². The summed E-state index contributed by atoms with van der Waals surface area (Å²) in [5.41, 5.74) is 0.716. The van der Waals surface area contributed by atoms with Gasteiger partial charge in [0, 0.05) is 44.1 Å². The summed E-state index contributed by atoms with van der Waals surface area (Å²) in [5.74, 6) is 0.237. The van der Waals surface area contributed by atoms with Crippen LogP contribution < -0.4 is 0 Å². The molecular weight excluding hydrogens is 188 g/mol. The summed E-state index contributed by atoms with van der Waals surface area (Å²) in [4.78, 5) is 15.8. The van der Waals surface area contributed by atoms with Crippen LogP contribution in [0, 0.1) is 5.41 Å². The molecular formula is C12H22N2O. The van der Waals surface area contributed by atoms with E-state index in [2.05, 4.69) is 25.7 Å². The summed E-state index contributed by atoms with van der Waals surface area (Å²) in [6.07, 6.45) is 1.19. The summed E-state index contributed by atoms with van der Waals surface area (Å²) >= 11 is 0. The van der Waals surface area contributed by atoms with Crippen molar-refractivity contribution in [3.63, 3.8) is 0 Å². The van der Waals surface area contributed by atoms with Crippen LogP contribution in [0.2, 0.25) is 0 Å². The van der Waals surface area contributed by atoms with Gasteiger partial charge in [0.05, 0.1) is 0 Å². The summed E-state index contributed by atoms with van der Waals surface area (Å²) in [6.45, 7) is 12.7. The van der Waals surface area contributed by atoms with Crippen LogP contribution in [-0.2, 0) is 4.79 Å². The van der Waals surface area contributed by atoms with Crippen LogP contribution in [0.1, 0.15) is 34.1 Å². The first-order chi connectivity index (χ1) is 6.82. The molecule has 2 aliphatic heterocycles. The first kappa shape index (κ1) is 10.9. The molecule has 0 unspecified atom stereocenters. The minimum atomic E-state index is 0.237. The van der Waals surface area contributed by atoms with Gasteiger partial charge in [-0.1, -0.05) is 0 Å². The van der Waals surface area contributed by atoms with Gasteiger partial charge in [0.25, 0.3) is 0 Å². The lowest BCUT2D eigenvalue weighted by Crippen LogP contribution is -2.63. The van der Waals surface area contributed by atoms with Crippen LogP contribution in [0.5, 0.6) is 0 Å². The zero-order valence-corrected chi connectivity index (χ0v) is 10.3. The summed E-state index contributed by atoms with van der Waals surface area (Å²) < 4.78 is 0. The van der Waals surface area contributed by atoms with E-state index in [9.17, 15) is 4.79 Å². The lowest BCUT2D eigenvalue weighted by atomic mass is 9.76. The quantitative estimate of drug-likeness (QED) is 0.602. The molecule has 0 radical (unpaired) electrons. The SMILES string of the molecule is CC(=O)N1CCC2(C1)CN(C(C)(C)C)C2. The maximum absolute atomic E-state index is 11.3. The van der Waals surface area contributed by atoms with Gasteiger partial charge >= 0.3 is 0 Å². The van der Waals surface area contributed by atoms with Gasteiger partial charge in [-0.05, 0) is 27.2 Å². The molecule has 0 aromatic heterocycles. The highest BCUT2D eigenvalue weighted by atomic mass is 16.2. The average molecular weight is 210 g/mol. The van der Waals surface area contributed by atoms with Crippen molar-refractivity contribution >= 4 is 5.91 Å². The van der Waals surface area contributed by atoms with Gasteiger partial charge in [-0.15, -0.1) is 0 Å². The smallest absolute Gasteiger partial charge is 0.219 e. The Morgan fingerprint density at radius 1 is 1.20 bits per heavy atom. The van der Waals surface area contributed by atoms with E-state index in [0.717, 1.165) is 13.1 Å². The Balaban J connectivity index is 1.91. The fraction of sp³-hybridized carbons (Fsp3) is 0.917. The summed E-state index contributed by atoms with van der Waals surface area (Å²) in [7, 11) is 0. The van der Waals surface area contributed by atoms with E-state index in [0.29, 0.717) is 5.41 Å². The summed E-state index contributed by atoms with van der Waals surface area (Å²) in [5, 5.41) is 0. The molecule has 2 rings (SSSR count). The predicted octanol–water partition coefficient (Wildman–Crippen LogP) is 1.34. The second-order valence-electron chi connectivity index (χ2n) is 6.22. The number of amides is 1. The molecule has 0 atom stereocenters. The highest BCUT2D eigenvalue weighted by Crippen LogP contribution is 2.42. The zero-order chi connectivity index (χ0) is 11.3. The van der Waals surface area contributed by atoms with Crippen LogP contribution in [-0.4, -0.2) is 47.4 Å². The molecule has 15 heavy (non-hydrogen) atoms. The number of hydrogen-bond donors (Lipinski definition) is 0. The highest BCUT2D eigenvalue weighted by molar-refractivity contribution is 5.73. The molecule has 2 aliphatic rings. The summed E-state index contributed by atoms with van der Waals surface area (Å²) in [6, 6.07) is 0. The molecule has 3 heteroatoms. The molecule has 0 aromatic rings. The van der Waals surface area contributed by atoms with Gasteiger partial charge in [0.15, 0.2) is 0 Å². The molecule has 0 bridgehead atoms. The van der Waals surface area contributed by atoms with Crippen molar-refractivity contribution in [3.8, 4) is 0 Å². The number of nitrogens with zero attached hydrogens (tertiary/aromatic N) is 2. The van der Waals surface area contributed by atoms with Crippen LogP contribution in [0.15, 0.2) is 0 Å². The molecule has 2 heterocycles. The molecule has 0 N–H and O–H groups in total. The molecule has 86 valence electrons. The van der Waals surface area contributed by atoms with Crippen molar-refractivity contribution in [1.29, 1.82) is 0 Å². The first-order valence-electron chi connectivity index (χ1n) is 5.83. The van der Waals surface area contributed by atoms with Gasteiger partial charge < -0.3 is 4.90 Å². The lowest BCUT2D eigenvalue weighted by Gasteiger charge is -2.54. The van der Waals surface area contributed by atoms with Crippen molar-refractivity contribution in [2.24, 2.45) is 5.41 Å². The van der Waals surface area contributed by atoms with E-state index >= 15 is 0 Å². The third-order valence-electron chi connectivity index (χ3n) is 3.88. The lowest BCUT2D eigenvalue weighted by molar-refractivity contribution is -0.129. The van der Waals surface area contributed by atoms with E-state index in [1.54, 1.807) is 6.92 Å². The predicted molar refractivity (Wildman–Crippen MR) is 60.6 cm³/mol. The van der Waals surface area contributed by atoms with Crippen molar-refractivity contribution < 1.29 is 4.79 Å². The van der Waals surface area contributed by atoms with Crippen LogP contribution in [0.25, 0.3) is 0 Å². The van der Waals surface area contributed by atoms with Gasteiger partial charge in [0.2, 0.25) is 5.91 Å². The minimum absolute atomic E-state index is 0.237. The van der Waals surface area contributed by atoms with Crippen molar-refractivity contribution in [2.75, 3.05) is 26.2 Å². The fourth-order valence-corrected chi connectivity index (χ4v) is 2.70. The molecule has 2 saturated heterocycles. The number of rotatable bonds is 0. The van der Waals surface area contributed by atoms with E-state index in [4.69, 9.17) is 0 Å². The second-order valence-corrected chi connectivity index (χ2v) is 6.22. The normalized spacial score (nSPS) is 25.7. The Morgan fingerprint density at radius 2 is 1.80 bits per heavy atom. The largest absolute Gasteiger partial charge is 0.342 e. The Hall–Kier alpha value is -0.570. The molecule has 0 saturated carbocycles. The highest BCUT2D eigenvalue weighted by Gasteiger charge is 2.50. The molecule has 1 spiro atoms. The maximum atomic E-state index is 11.3. The first-order valence-corrected chi connectivity index (χ1v) is 5.83. The van der Waals surface area contributed by atoms with Gasteiger partial charge in [-0.3, -0.25) is 9.69 Å². The molecule has 0 aliphatic carbocycles. The monoisotopic (exact) mass is 210 g/mol. The number of carbonyl (C=O) groups is 1. The Kier molecular flexibility index (Phi) is 2.34. The van der Waals surface area contributed by atoms with E-state index in [1.165, 1.54) is 19.5 Å². The fourth-order valence-electron chi connectivity index (χ4n) is 2.70. The van der Waals surface area contributed by atoms with Gasteiger partial charge in [-0.2, -0.15) is 0 Å². The van der Waals surface area contributed by atoms with Crippen LogP contribution in [0.4, 0.5) is 0 Å². The Bertz CT molecular complexity index is 274. The number of likely N-dealkylation sites (tertiary alicyclic amines) is 2. The Labute approximate surface area is 92.4 Å². The van der Waals surface area contributed by atoms with Crippen molar-refractivity contribution in [3.05, 3.63) is 0 Å². The van der Waals surface area contributed by atoms with Gasteiger partial charge in [0.1, 0.15) is 0 Å².